The molecule has 1 atom stereocenters. The van der Waals surface area contributed by atoms with E-state index in [-0.39, 0.29) is 11.9 Å². The van der Waals surface area contributed by atoms with Crippen LogP contribution < -0.4 is 4.74 Å². The van der Waals surface area contributed by atoms with Crippen LogP contribution in [0.2, 0.25) is 0 Å². The molecule has 0 aliphatic carbocycles. The Balaban J connectivity index is 1.82. The third kappa shape index (κ3) is 3.60. The third-order valence-corrected chi connectivity index (χ3v) is 5.54. The number of benzene rings is 1. The second kappa shape index (κ2) is 7.66. The molecule has 1 amide bonds. The molecule has 1 aromatic carbocycles. The van der Waals surface area contributed by atoms with Gasteiger partial charge in [0.1, 0.15) is 15.6 Å². The minimum atomic E-state index is -0.0618. The molecule has 3 rings (SSSR count). The lowest BCUT2D eigenvalue weighted by atomic mass is 10.1. The van der Waals surface area contributed by atoms with Gasteiger partial charge in [0.25, 0.3) is 5.91 Å². The van der Waals surface area contributed by atoms with Crippen LogP contribution in [-0.4, -0.2) is 34.9 Å². The molecule has 0 saturated heterocycles. The van der Waals surface area contributed by atoms with Crippen molar-refractivity contribution < 1.29 is 9.53 Å². The first-order valence-corrected chi connectivity index (χ1v) is 9.13. The molecular formula is C20H21N3O2S. The molecule has 134 valence electrons. The summed E-state index contributed by atoms with van der Waals surface area (Å²) in [6.07, 6.45) is 1.73. The van der Waals surface area contributed by atoms with Crippen molar-refractivity contribution in [2.24, 2.45) is 0 Å². The minimum absolute atomic E-state index is 0.0366. The molecule has 0 fully saturated rings. The van der Waals surface area contributed by atoms with Gasteiger partial charge in [0.05, 0.1) is 24.5 Å². The standard InChI is InChI=1S/C20H21N3O2S/c1-13-18(26-19(22-13)17-7-5-6-12-21-17)20(24)23(3)14(2)15-8-10-16(25-4)11-9-15/h5-12,14H,1-4H3. The lowest BCUT2D eigenvalue weighted by Crippen LogP contribution is -2.29. The average molecular weight is 367 g/mol. The number of pyridine rings is 1. The van der Waals surface area contributed by atoms with Gasteiger partial charge in [0.15, 0.2) is 0 Å². The number of amides is 1. The first kappa shape index (κ1) is 18.1. The summed E-state index contributed by atoms with van der Waals surface area (Å²) in [5.74, 6) is 0.763. The fourth-order valence-electron chi connectivity index (χ4n) is 2.64. The fourth-order valence-corrected chi connectivity index (χ4v) is 3.66. The Morgan fingerprint density at radius 1 is 1.19 bits per heavy atom. The van der Waals surface area contributed by atoms with Gasteiger partial charge in [0.2, 0.25) is 0 Å². The number of methoxy groups -OCH3 is 1. The van der Waals surface area contributed by atoms with Gasteiger partial charge in [-0.1, -0.05) is 18.2 Å². The van der Waals surface area contributed by atoms with Crippen LogP contribution in [0, 0.1) is 6.92 Å². The van der Waals surface area contributed by atoms with Gasteiger partial charge < -0.3 is 9.64 Å². The monoisotopic (exact) mass is 367 g/mol. The third-order valence-electron chi connectivity index (χ3n) is 4.37. The van der Waals surface area contributed by atoms with Gasteiger partial charge in [-0.3, -0.25) is 9.78 Å². The second-order valence-corrected chi connectivity index (χ2v) is 7.01. The number of hydrogen-bond donors (Lipinski definition) is 0. The van der Waals surface area contributed by atoms with Crippen molar-refractivity contribution in [1.29, 1.82) is 0 Å². The predicted molar refractivity (Wildman–Crippen MR) is 104 cm³/mol. The van der Waals surface area contributed by atoms with Crippen LogP contribution in [-0.2, 0) is 0 Å². The van der Waals surface area contributed by atoms with Crippen molar-refractivity contribution >= 4 is 17.2 Å². The summed E-state index contributed by atoms with van der Waals surface area (Å²) in [6.45, 7) is 3.87. The van der Waals surface area contributed by atoms with E-state index < -0.39 is 0 Å². The van der Waals surface area contributed by atoms with E-state index in [0.717, 1.165) is 27.7 Å². The molecule has 3 aromatic rings. The lowest BCUT2D eigenvalue weighted by Gasteiger charge is -2.25. The summed E-state index contributed by atoms with van der Waals surface area (Å²) in [5.41, 5.74) is 2.56. The fraction of sp³-hybridized carbons (Fsp3) is 0.250. The molecule has 1 unspecified atom stereocenters. The van der Waals surface area contributed by atoms with Crippen LogP contribution in [0.25, 0.3) is 10.7 Å². The molecule has 2 aromatic heterocycles. The molecule has 2 heterocycles. The zero-order chi connectivity index (χ0) is 18.7. The van der Waals surface area contributed by atoms with Gasteiger partial charge in [-0.05, 0) is 43.7 Å². The van der Waals surface area contributed by atoms with Crippen molar-refractivity contribution in [1.82, 2.24) is 14.9 Å². The molecular weight excluding hydrogens is 346 g/mol. The summed E-state index contributed by atoms with van der Waals surface area (Å²) in [4.78, 5) is 24.2. The summed E-state index contributed by atoms with van der Waals surface area (Å²) in [5, 5.41) is 0.761. The molecule has 0 spiro atoms. The van der Waals surface area contributed by atoms with Crippen molar-refractivity contribution in [3.8, 4) is 16.5 Å². The van der Waals surface area contributed by atoms with E-state index in [0.29, 0.717) is 4.88 Å². The normalized spacial score (nSPS) is 11.8. The highest BCUT2D eigenvalue weighted by atomic mass is 32.1. The number of carbonyl (C=O) groups is 1. The van der Waals surface area contributed by atoms with Crippen molar-refractivity contribution in [2.45, 2.75) is 19.9 Å². The van der Waals surface area contributed by atoms with Crippen molar-refractivity contribution in [3.63, 3.8) is 0 Å². The Labute approximate surface area is 157 Å². The van der Waals surface area contributed by atoms with Crippen LogP contribution in [0.3, 0.4) is 0 Å². The predicted octanol–water partition coefficient (Wildman–Crippen LogP) is 4.36. The summed E-state index contributed by atoms with van der Waals surface area (Å²) in [6, 6.07) is 13.4. The van der Waals surface area contributed by atoms with E-state index in [1.807, 2.05) is 63.4 Å². The smallest absolute Gasteiger partial charge is 0.266 e. The van der Waals surface area contributed by atoms with Crippen LogP contribution in [0.5, 0.6) is 5.75 Å². The number of hydrogen-bond acceptors (Lipinski definition) is 5. The Hall–Kier alpha value is -2.73. The van der Waals surface area contributed by atoms with E-state index in [1.165, 1.54) is 11.3 Å². The molecule has 0 aliphatic rings. The first-order chi connectivity index (χ1) is 12.5. The van der Waals surface area contributed by atoms with Gasteiger partial charge in [-0.15, -0.1) is 11.3 Å². The highest BCUT2D eigenvalue weighted by Crippen LogP contribution is 2.29. The molecule has 5 nitrogen and oxygen atoms in total. The number of aromatic nitrogens is 2. The Bertz CT molecular complexity index is 891. The van der Waals surface area contributed by atoms with Crippen molar-refractivity contribution in [2.75, 3.05) is 14.2 Å². The number of thiazole rings is 1. The molecule has 0 saturated carbocycles. The molecule has 26 heavy (non-hydrogen) atoms. The maximum absolute atomic E-state index is 13.0. The summed E-state index contributed by atoms with van der Waals surface area (Å²) in [7, 11) is 3.46. The zero-order valence-corrected chi connectivity index (χ0v) is 16.1. The minimum Gasteiger partial charge on any atom is -0.497 e. The van der Waals surface area contributed by atoms with Gasteiger partial charge in [-0.25, -0.2) is 4.98 Å². The van der Waals surface area contributed by atoms with E-state index in [4.69, 9.17) is 4.74 Å². The largest absolute Gasteiger partial charge is 0.497 e. The van der Waals surface area contributed by atoms with Crippen LogP contribution in [0.15, 0.2) is 48.7 Å². The second-order valence-electron chi connectivity index (χ2n) is 6.01. The Morgan fingerprint density at radius 2 is 1.92 bits per heavy atom. The maximum Gasteiger partial charge on any atom is 0.266 e. The van der Waals surface area contributed by atoms with Crippen LogP contribution in [0.4, 0.5) is 0 Å². The SMILES string of the molecule is COc1ccc(C(C)N(C)C(=O)c2sc(-c3ccccn3)nc2C)cc1. The summed E-state index contributed by atoms with van der Waals surface area (Å²) >= 11 is 1.38. The van der Waals surface area contributed by atoms with E-state index in [1.54, 1.807) is 18.2 Å². The quantitative estimate of drug-likeness (QED) is 0.672. The van der Waals surface area contributed by atoms with Crippen LogP contribution in [0.1, 0.15) is 33.9 Å². The topological polar surface area (TPSA) is 55.3 Å². The molecule has 6 heteroatoms. The number of nitrogens with zero attached hydrogens (tertiary/aromatic N) is 3. The van der Waals surface area contributed by atoms with E-state index >= 15 is 0 Å². The van der Waals surface area contributed by atoms with Crippen molar-refractivity contribution in [3.05, 3.63) is 64.8 Å². The van der Waals surface area contributed by atoms with Gasteiger partial charge >= 0.3 is 0 Å². The van der Waals surface area contributed by atoms with Gasteiger partial charge in [0, 0.05) is 13.2 Å². The number of ether oxygens (including phenoxy) is 1. The van der Waals surface area contributed by atoms with E-state index in [9.17, 15) is 4.79 Å². The lowest BCUT2D eigenvalue weighted by molar-refractivity contribution is 0.0746. The number of rotatable bonds is 5. The Morgan fingerprint density at radius 3 is 2.54 bits per heavy atom. The zero-order valence-electron chi connectivity index (χ0n) is 15.3. The molecule has 0 bridgehead atoms. The highest BCUT2D eigenvalue weighted by molar-refractivity contribution is 7.17. The Kier molecular flexibility index (Phi) is 5.32. The highest BCUT2D eigenvalue weighted by Gasteiger charge is 2.24. The maximum atomic E-state index is 13.0. The first-order valence-electron chi connectivity index (χ1n) is 8.31. The van der Waals surface area contributed by atoms with Crippen LogP contribution >= 0.6 is 11.3 Å². The number of aryl methyl sites for hydroxylation is 1. The average Bonchev–Trinajstić information content (AvgIpc) is 3.08. The molecule has 0 aliphatic heterocycles. The number of carbonyl (C=O) groups excluding carboxylic acids is 1. The molecule has 0 radical (unpaired) electrons. The van der Waals surface area contributed by atoms with Gasteiger partial charge in [-0.2, -0.15) is 0 Å². The molecule has 0 N–H and O–H groups in total. The van der Waals surface area contributed by atoms with E-state index in [2.05, 4.69) is 9.97 Å². The summed E-state index contributed by atoms with van der Waals surface area (Å²) < 4.78 is 5.19.